The van der Waals surface area contributed by atoms with Gasteiger partial charge in [-0.25, -0.2) is 0 Å². The molecule has 0 fully saturated rings. The van der Waals surface area contributed by atoms with E-state index in [0.29, 0.717) is 5.56 Å². The van der Waals surface area contributed by atoms with Crippen LogP contribution in [0.3, 0.4) is 0 Å². The van der Waals surface area contributed by atoms with E-state index >= 15 is 0 Å². The van der Waals surface area contributed by atoms with Crippen LogP contribution in [0, 0.1) is 0 Å². The van der Waals surface area contributed by atoms with Crippen LogP contribution in [0.25, 0.3) is 11.3 Å². The zero-order valence-electron chi connectivity index (χ0n) is 6.68. The fourth-order valence-electron chi connectivity index (χ4n) is 1.02. The number of nitrogens with zero attached hydrogens (tertiary/aromatic N) is 2. The molecule has 0 N–H and O–H groups in total. The van der Waals surface area contributed by atoms with Gasteiger partial charge in [-0.3, -0.25) is 4.79 Å². The van der Waals surface area contributed by atoms with Crippen LogP contribution in [0.5, 0.6) is 0 Å². The predicted octanol–water partition coefficient (Wildman–Crippen LogP) is 2.02. The quantitative estimate of drug-likeness (QED) is 0.680. The molecule has 0 saturated heterocycles. The highest BCUT2D eigenvalue weighted by Crippen LogP contribution is 2.17. The summed E-state index contributed by atoms with van der Waals surface area (Å²) in [6, 6.07) is 7.25. The smallest absolute Gasteiger partial charge is 0.150 e. The molecule has 0 radical (unpaired) electrons. The SMILES string of the molecule is O=Cc1ccc(-c2csnn2)cc1. The Morgan fingerprint density at radius 2 is 2.00 bits per heavy atom. The number of benzene rings is 1. The molecule has 1 aromatic carbocycles. The Morgan fingerprint density at radius 3 is 2.54 bits per heavy atom. The molecule has 13 heavy (non-hydrogen) atoms. The van der Waals surface area contributed by atoms with E-state index in [9.17, 15) is 4.79 Å². The van der Waals surface area contributed by atoms with E-state index in [-0.39, 0.29) is 0 Å². The van der Waals surface area contributed by atoms with Crippen LogP contribution in [0.4, 0.5) is 0 Å². The van der Waals surface area contributed by atoms with Crippen LogP contribution >= 0.6 is 11.5 Å². The molecule has 0 saturated carbocycles. The molecule has 0 aliphatic rings. The maximum atomic E-state index is 10.4. The molecular weight excluding hydrogens is 184 g/mol. The van der Waals surface area contributed by atoms with Crippen LogP contribution in [0.2, 0.25) is 0 Å². The summed E-state index contributed by atoms with van der Waals surface area (Å²) in [5.41, 5.74) is 2.51. The largest absolute Gasteiger partial charge is 0.298 e. The van der Waals surface area contributed by atoms with E-state index in [0.717, 1.165) is 17.5 Å². The summed E-state index contributed by atoms with van der Waals surface area (Å²) in [4.78, 5) is 10.4. The van der Waals surface area contributed by atoms with Gasteiger partial charge in [-0.05, 0) is 11.5 Å². The van der Waals surface area contributed by atoms with E-state index in [1.807, 2.05) is 17.5 Å². The lowest BCUT2D eigenvalue weighted by Gasteiger charge is -1.94. The van der Waals surface area contributed by atoms with Crippen molar-refractivity contribution < 1.29 is 4.79 Å². The second-order valence-corrected chi connectivity index (χ2v) is 3.14. The maximum absolute atomic E-state index is 10.4. The molecule has 2 rings (SSSR count). The van der Waals surface area contributed by atoms with Gasteiger partial charge in [0.2, 0.25) is 0 Å². The molecule has 64 valence electrons. The molecule has 3 nitrogen and oxygen atoms in total. The number of rotatable bonds is 2. The minimum Gasteiger partial charge on any atom is -0.298 e. The first-order valence-electron chi connectivity index (χ1n) is 3.73. The summed E-state index contributed by atoms with van der Waals surface area (Å²) >= 11 is 1.31. The molecule has 0 spiro atoms. The van der Waals surface area contributed by atoms with Crippen LogP contribution < -0.4 is 0 Å². The second kappa shape index (κ2) is 3.45. The Hall–Kier alpha value is -1.55. The lowest BCUT2D eigenvalue weighted by molar-refractivity contribution is 0.112. The minimum atomic E-state index is 0.673. The fraction of sp³-hybridized carbons (Fsp3) is 0. The van der Waals surface area contributed by atoms with Gasteiger partial charge in [0, 0.05) is 16.5 Å². The van der Waals surface area contributed by atoms with Gasteiger partial charge < -0.3 is 0 Å². The topological polar surface area (TPSA) is 42.9 Å². The van der Waals surface area contributed by atoms with Crippen molar-refractivity contribution in [3.63, 3.8) is 0 Å². The van der Waals surface area contributed by atoms with E-state index in [2.05, 4.69) is 9.59 Å². The highest BCUT2D eigenvalue weighted by atomic mass is 32.1. The van der Waals surface area contributed by atoms with Crippen molar-refractivity contribution in [2.45, 2.75) is 0 Å². The summed E-state index contributed by atoms with van der Waals surface area (Å²) < 4.78 is 3.76. The molecule has 0 atom stereocenters. The van der Waals surface area contributed by atoms with E-state index < -0.39 is 0 Å². The highest BCUT2D eigenvalue weighted by Gasteiger charge is 1.99. The Balaban J connectivity index is 2.38. The molecule has 4 heteroatoms. The highest BCUT2D eigenvalue weighted by molar-refractivity contribution is 7.03. The lowest BCUT2D eigenvalue weighted by atomic mass is 10.1. The molecule has 0 unspecified atom stereocenters. The third-order valence-electron chi connectivity index (χ3n) is 1.70. The summed E-state index contributed by atoms with van der Waals surface area (Å²) in [6.45, 7) is 0. The fourth-order valence-corrected chi connectivity index (χ4v) is 1.49. The normalized spacial score (nSPS) is 9.85. The van der Waals surface area contributed by atoms with Crippen molar-refractivity contribution in [3.05, 3.63) is 35.2 Å². The maximum Gasteiger partial charge on any atom is 0.150 e. The first kappa shape index (κ1) is 8.07. The van der Waals surface area contributed by atoms with Gasteiger partial charge in [0.25, 0.3) is 0 Å². The summed E-state index contributed by atoms with van der Waals surface area (Å²) in [7, 11) is 0. The Morgan fingerprint density at radius 1 is 1.23 bits per heavy atom. The van der Waals surface area contributed by atoms with Gasteiger partial charge in [0.05, 0.1) is 0 Å². The van der Waals surface area contributed by atoms with E-state index in [1.54, 1.807) is 12.1 Å². The standard InChI is InChI=1S/C9H6N2OS/c12-5-7-1-3-8(4-2-7)9-6-13-11-10-9/h1-6H. The number of carbonyl (C=O) groups excluding carboxylic acids is 1. The van der Waals surface area contributed by atoms with Crippen LogP contribution in [-0.2, 0) is 0 Å². The number of hydrogen-bond acceptors (Lipinski definition) is 4. The Labute approximate surface area is 79.2 Å². The van der Waals surface area contributed by atoms with Gasteiger partial charge >= 0.3 is 0 Å². The third-order valence-corrected chi connectivity index (χ3v) is 2.21. The van der Waals surface area contributed by atoms with Crippen LogP contribution in [-0.4, -0.2) is 15.9 Å². The van der Waals surface area contributed by atoms with Gasteiger partial charge in [0.1, 0.15) is 12.0 Å². The molecule has 0 aliphatic carbocycles. The third kappa shape index (κ3) is 1.62. The number of aldehydes is 1. The molecular formula is C9H6N2OS. The van der Waals surface area contributed by atoms with E-state index in [4.69, 9.17) is 0 Å². The molecule has 0 bridgehead atoms. The Bertz CT molecular complexity index is 394. The zero-order valence-corrected chi connectivity index (χ0v) is 7.49. The summed E-state index contributed by atoms with van der Waals surface area (Å²) in [5, 5.41) is 5.79. The number of hydrogen-bond donors (Lipinski definition) is 0. The summed E-state index contributed by atoms with van der Waals surface area (Å²) in [5.74, 6) is 0. The van der Waals surface area contributed by atoms with Crippen LogP contribution in [0.15, 0.2) is 29.6 Å². The average molecular weight is 190 g/mol. The van der Waals surface area contributed by atoms with Gasteiger partial charge in [0.15, 0.2) is 0 Å². The molecule has 1 heterocycles. The lowest BCUT2D eigenvalue weighted by Crippen LogP contribution is -1.81. The molecule has 1 aromatic heterocycles. The molecule has 2 aromatic rings. The van der Waals surface area contributed by atoms with Crippen molar-refractivity contribution in [1.29, 1.82) is 0 Å². The molecule has 0 amide bonds. The van der Waals surface area contributed by atoms with Crippen molar-refractivity contribution in [1.82, 2.24) is 9.59 Å². The first-order chi connectivity index (χ1) is 6.40. The van der Waals surface area contributed by atoms with Crippen molar-refractivity contribution in [3.8, 4) is 11.3 Å². The van der Waals surface area contributed by atoms with Crippen molar-refractivity contribution >= 4 is 17.8 Å². The van der Waals surface area contributed by atoms with Crippen molar-refractivity contribution in [2.75, 3.05) is 0 Å². The number of aromatic nitrogens is 2. The van der Waals surface area contributed by atoms with Gasteiger partial charge in [-0.2, -0.15) is 0 Å². The second-order valence-electron chi connectivity index (χ2n) is 2.53. The zero-order chi connectivity index (χ0) is 9.10. The average Bonchev–Trinajstić information content (AvgIpc) is 2.71. The Kier molecular flexibility index (Phi) is 2.14. The van der Waals surface area contributed by atoms with E-state index in [1.165, 1.54) is 11.5 Å². The van der Waals surface area contributed by atoms with Crippen LogP contribution in [0.1, 0.15) is 10.4 Å². The van der Waals surface area contributed by atoms with Gasteiger partial charge in [-0.15, -0.1) is 5.10 Å². The number of carbonyl (C=O) groups is 1. The minimum absolute atomic E-state index is 0.673. The first-order valence-corrected chi connectivity index (χ1v) is 4.56. The van der Waals surface area contributed by atoms with Gasteiger partial charge in [-0.1, -0.05) is 28.8 Å². The molecule has 0 aliphatic heterocycles. The summed E-state index contributed by atoms with van der Waals surface area (Å²) in [6.07, 6.45) is 0.822. The van der Waals surface area contributed by atoms with Crippen molar-refractivity contribution in [2.24, 2.45) is 0 Å². The predicted molar refractivity (Wildman–Crippen MR) is 50.7 cm³/mol. The monoisotopic (exact) mass is 190 g/mol.